The van der Waals surface area contributed by atoms with Gasteiger partial charge in [0.2, 0.25) is 0 Å². The van der Waals surface area contributed by atoms with E-state index < -0.39 is 0 Å². The van der Waals surface area contributed by atoms with Gasteiger partial charge in [-0.15, -0.1) is 0 Å². The van der Waals surface area contributed by atoms with Gasteiger partial charge in [-0.25, -0.2) is 4.39 Å². The van der Waals surface area contributed by atoms with Gasteiger partial charge >= 0.3 is 0 Å². The Morgan fingerprint density at radius 2 is 2.00 bits per heavy atom. The first kappa shape index (κ1) is 11.7. The lowest BCUT2D eigenvalue weighted by molar-refractivity contribution is 0.626. The number of hydrogen-bond acceptors (Lipinski definition) is 2. The number of hydrogen-bond donors (Lipinski definition) is 1. The summed E-state index contributed by atoms with van der Waals surface area (Å²) < 4.78 is 13.3. The van der Waals surface area contributed by atoms with Crippen molar-refractivity contribution in [2.75, 3.05) is 0 Å². The third kappa shape index (κ3) is 2.50. The Bertz CT molecular complexity index is 535. The minimum absolute atomic E-state index is 0.133. The standard InChI is InChI=1S/C14H15FN2/c1-9-5-11(8-17-7-9)14-6-12(15)3-4-13(14)10(2)16/h3-8,10H,16H2,1-2H3. The van der Waals surface area contributed by atoms with Crippen molar-refractivity contribution in [3.63, 3.8) is 0 Å². The average molecular weight is 230 g/mol. The first-order chi connectivity index (χ1) is 8.08. The second-order valence-electron chi connectivity index (χ2n) is 4.27. The highest BCUT2D eigenvalue weighted by atomic mass is 19.1. The topological polar surface area (TPSA) is 38.9 Å². The van der Waals surface area contributed by atoms with E-state index in [1.54, 1.807) is 18.5 Å². The van der Waals surface area contributed by atoms with Gasteiger partial charge in [-0.2, -0.15) is 0 Å². The highest BCUT2D eigenvalue weighted by Gasteiger charge is 2.10. The fraction of sp³-hybridized carbons (Fsp3) is 0.214. The zero-order valence-corrected chi connectivity index (χ0v) is 9.94. The molecule has 1 aromatic heterocycles. The summed E-state index contributed by atoms with van der Waals surface area (Å²) in [6.07, 6.45) is 3.50. The van der Waals surface area contributed by atoms with Crippen molar-refractivity contribution in [2.24, 2.45) is 5.73 Å². The molecule has 2 aromatic rings. The first-order valence-corrected chi connectivity index (χ1v) is 5.55. The zero-order chi connectivity index (χ0) is 12.4. The van der Waals surface area contributed by atoms with Crippen molar-refractivity contribution in [3.05, 3.63) is 53.6 Å². The van der Waals surface area contributed by atoms with Crippen LogP contribution in [0.25, 0.3) is 11.1 Å². The lowest BCUT2D eigenvalue weighted by Gasteiger charge is -2.13. The summed E-state index contributed by atoms with van der Waals surface area (Å²) in [5, 5.41) is 0. The Labute approximate surface area is 100 Å². The van der Waals surface area contributed by atoms with Crippen LogP contribution in [0, 0.1) is 12.7 Å². The molecule has 1 atom stereocenters. The summed E-state index contributed by atoms with van der Waals surface area (Å²) in [4.78, 5) is 4.13. The summed E-state index contributed by atoms with van der Waals surface area (Å²) in [6, 6.07) is 6.53. The van der Waals surface area contributed by atoms with Crippen LogP contribution in [-0.4, -0.2) is 4.98 Å². The van der Waals surface area contributed by atoms with Crippen LogP contribution in [0.3, 0.4) is 0 Å². The van der Waals surface area contributed by atoms with E-state index in [0.29, 0.717) is 0 Å². The number of halogens is 1. The molecule has 0 saturated heterocycles. The normalized spacial score (nSPS) is 12.5. The summed E-state index contributed by atoms with van der Waals surface area (Å²) in [7, 11) is 0. The molecule has 2 nitrogen and oxygen atoms in total. The van der Waals surface area contributed by atoms with Crippen LogP contribution < -0.4 is 5.73 Å². The summed E-state index contributed by atoms with van der Waals surface area (Å²) >= 11 is 0. The van der Waals surface area contributed by atoms with Gasteiger partial charge in [0, 0.05) is 24.0 Å². The molecule has 0 aliphatic heterocycles. The van der Waals surface area contributed by atoms with Crippen LogP contribution in [0.4, 0.5) is 4.39 Å². The molecule has 0 saturated carbocycles. The summed E-state index contributed by atoms with van der Waals surface area (Å²) in [5.41, 5.74) is 9.59. The molecule has 0 spiro atoms. The van der Waals surface area contributed by atoms with Crippen molar-refractivity contribution in [1.29, 1.82) is 0 Å². The number of rotatable bonds is 2. The molecule has 2 rings (SSSR count). The van der Waals surface area contributed by atoms with Gasteiger partial charge in [-0.05, 0) is 48.7 Å². The lowest BCUT2D eigenvalue weighted by atomic mass is 9.96. The Hall–Kier alpha value is -1.74. The van der Waals surface area contributed by atoms with E-state index in [2.05, 4.69) is 4.98 Å². The second-order valence-corrected chi connectivity index (χ2v) is 4.27. The van der Waals surface area contributed by atoms with Gasteiger partial charge in [0.1, 0.15) is 5.82 Å². The number of aryl methyl sites for hydroxylation is 1. The van der Waals surface area contributed by atoms with Gasteiger partial charge in [-0.1, -0.05) is 6.07 Å². The number of nitrogens with two attached hydrogens (primary N) is 1. The predicted molar refractivity (Wildman–Crippen MR) is 67.0 cm³/mol. The third-order valence-electron chi connectivity index (χ3n) is 2.69. The SMILES string of the molecule is Cc1cncc(-c2cc(F)ccc2C(C)N)c1. The molecule has 1 unspecified atom stereocenters. The van der Waals surface area contributed by atoms with E-state index in [0.717, 1.165) is 22.3 Å². The zero-order valence-electron chi connectivity index (χ0n) is 9.94. The van der Waals surface area contributed by atoms with E-state index in [-0.39, 0.29) is 11.9 Å². The van der Waals surface area contributed by atoms with Gasteiger partial charge in [0.05, 0.1) is 0 Å². The van der Waals surface area contributed by atoms with Crippen molar-refractivity contribution in [3.8, 4) is 11.1 Å². The van der Waals surface area contributed by atoms with E-state index >= 15 is 0 Å². The molecule has 0 aliphatic carbocycles. The number of aromatic nitrogens is 1. The van der Waals surface area contributed by atoms with Crippen molar-refractivity contribution in [2.45, 2.75) is 19.9 Å². The molecule has 17 heavy (non-hydrogen) atoms. The molecule has 0 radical (unpaired) electrons. The summed E-state index contributed by atoms with van der Waals surface area (Å²) in [5.74, 6) is -0.258. The van der Waals surface area contributed by atoms with E-state index in [1.807, 2.05) is 19.9 Å². The minimum Gasteiger partial charge on any atom is -0.324 e. The largest absolute Gasteiger partial charge is 0.324 e. The quantitative estimate of drug-likeness (QED) is 0.860. The molecule has 0 amide bonds. The number of nitrogens with zero attached hydrogens (tertiary/aromatic N) is 1. The maximum absolute atomic E-state index is 13.3. The van der Waals surface area contributed by atoms with E-state index in [1.165, 1.54) is 12.1 Å². The van der Waals surface area contributed by atoms with Crippen LogP contribution in [0.2, 0.25) is 0 Å². The molecule has 88 valence electrons. The van der Waals surface area contributed by atoms with Crippen LogP contribution in [0.5, 0.6) is 0 Å². The Kier molecular flexibility index (Phi) is 3.20. The Morgan fingerprint density at radius 1 is 1.24 bits per heavy atom. The lowest BCUT2D eigenvalue weighted by Crippen LogP contribution is -2.07. The molecule has 1 aromatic carbocycles. The van der Waals surface area contributed by atoms with Crippen LogP contribution >= 0.6 is 0 Å². The maximum atomic E-state index is 13.3. The fourth-order valence-corrected chi connectivity index (χ4v) is 1.88. The third-order valence-corrected chi connectivity index (χ3v) is 2.69. The maximum Gasteiger partial charge on any atom is 0.123 e. The molecule has 2 N–H and O–H groups in total. The van der Waals surface area contributed by atoms with Gasteiger partial charge in [0.15, 0.2) is 0 Å². The monoisotopic (exact) mass is 230 g/mol. The molecule has 0 bridgehead atoms. The molecule has 0 fully saturated rings. The highest BCUT2D eigenvalue weighted by Crippen LogP contribution is 2.28. The van der Waals surface area contributed by atoms with Crippen LogP contribution in [0.1, 0.15) is 24.1 Å². The molecular weight excluding hydrogens is 215 g/mol. The smallest absolute Gasteiger partial charge is 0.123 e. The summed E-state index contributed by atoms with van der Waals surface area (Å²) in [6.45, 7) is 3.85. The Balaban J connectivity index is 2.61. The van der Waals surface area contributed by atoms with Gasteiger partial charge in [0.25, 0.3) is 0 Å². The van der Waals surface area contributed by atoms with Crippen molar-refractivity contribution < 1.29 is 4.39 Å². The van der Waals surface area contributed by atoms with Gasteiger partial charge < -0.3 is 5.73 Å². The molecule has 3 heteroatoms. The fourth-order valence-electron chi connectivity index (χ4n) is 1.88. The van der Waals surface area contributed by atoms with E-state index in [9.17, 15) is 4.39 Å². The predicted octanol–water partition coefficient (Wildman–Crippen LogP) is 3.22. The van der Waals surface area contributed by atoms with Crippen molar-refractivity contribution in [1.82, 2.24) is 4.98 Å². The minimum atomic E-state index is -0.258. The molecular formula is C14H15FN2. The first-order valence-electron chi connectivity index (χ1n) is 5.55. The number of pyridine rings is 1. The van der Waals surface area contributed by atoms with Gasteiger partial charge in [-0.3, -0.25) is 4.98 Å². The van der Waals surface area contributed by atoms with E-state index in [4.69, 9.17) is 5.73 Å². The molecule has 0 aliphatic rings. The Morgan fingerprint density at radius 3 is 2.65 bits per heavy atom. The second kappa shape index (κ2) is 4.63. The van der Waals surface area contributed by atoms with Crippen LogP contribution in [-0.2, 0) is 0 Å². The average Bonchev–Trinajstić information content (AvgIpc) is 2.28. The van der Waals surface area contributed by atoms with Crippen LogP contribution in [0.15, 0.2) is 36.7 Å². The van der Waals surface area contributed by atoms with Crippen molar-refractivity contribution >= 4 is 0 Å². The number of benzene rings is 1. The highest BCUT2D eigenvalue weighted by molar-refractivity contribution is 5.67. The molecule has 1 heterocycles.